The molecule has 3 rings (SSSR count). The summed E-state index contributed by atoms with van der Waals surface area (Å²) in [5.74, 6) is -0.314. The molecule has 0 saturated carbocycles. The van der Waals surface area contributed by atoms with Crippen LogP contribution in [0, 0.1) is 12.7 Å². The van der Waals surface area contributed by atoms with Crippen molar-refractivity contribution in [3.63, 3.8) is 0 Å². The van der Waals surface area contributed by atoms with E-state index in [1.807, 2.05) is 0 Å². The van der Waals surface area contributed by atoms with Crippen LogP contribution >= 0.6 is 23.4 Å². The molecule has 0 aliphatic heterocycles. The van der Waals surface area contributed by atoms with Gasteiger partial charge in [-0.05, 0) is 36.2 Å². The molecule has 0 aliphatic carbocycles. The highest BCUT2D eigenvalue weighted by atomic mass is 35.5. The van der Waals surface area contributed by atoms with Crippen LogP contribution in [0.1, 0.15) is 16.8 Å². The Morgan fingerprint density at radius 2 is 2.04 bits per heavy atom. The molecule has 1 aromatic heterocycles. The molecule has 0 saturated heterocycles. The molecule has 0 fully saturated rings. The quantitative estimate of drug-likeness (QED) is 0.462. The number of carbonyl (C=O) groups is 1. The minimum Gasteiger partial charge on any atom is -0.325 e. The van der Waals surface area contributed by atoms with Crippen molar-refractivity contribution in [1.82, 2.24) is 9.97 Å². The van der Waals surface area contributed by atoms with Crippen LogP contribution in [-0.4, -0.2) is 15.9 Å². The van der Waals surface area contributed by atoms with Crippen LogP contribution < -0.4 is 10.9 Å². The predicted octanol–water partition coefficient (Wildman–Crippen LogP) is 4.34. The van der Waals surface area contributed by atoms with Gasteiger partial charge >= 0.3 is 0 Å². The molecule has 0 unspecified atom stereocenters. The molecule has 5 nitrogen and oxygen atoms in total. The fourth-order valence-electron chi connectivity index (χ4n) is 2.51. The van der Waals surface area contributed by atoms with Crippen LogP contribution in [0.3, 0.4) is 0 Å². The Hall–Kier alpha value is -2.64. The van der Waals surface area contributed by atoms with Gasteiger partial charge in [0, 0.05) is 22.5 Å². The third-order valence-electron chi connectivity index (χ3n) is 3.98. The van der Waals surface area contributed by atoms with Crippen molar-refractivity contribution in [2.45, 2.75) is 24.3 Å². The van der Waals surface area contributed by atoms with Gasteiger partial charge in [-0.2, -0.15) is 0 Å². The van der Waals surface area contributed by atoms with Crippen molar-refractivity contribution in [1.29, 1.82) is 0 Å². The largest absolute Gasteiger partial charge is 0.325 e. The number of aromatic nitrogens is 2. The molecule has 0 radical (unpaired) electrons. The minimum absolute atomic E-state index is 0.0663. The highest BCUT2D eigenvalue weighted by molar-refractivity contribution is 7.98. The summed E-state index contributed by atoms with van der Waals surface area (Å²) in [4.78, 5) is 31.1. The number of thioether (sulfide) groups is 1. The van der Waals surface area contributed by atoms with E-state index in [0.717, 1.165) is 5.56 Å². The number of H-pyrrole nitrogens is 1. The van der Waals surface area contributed by atoms with E-state index in [9.17, 15) is 14.0 Å². The smallest absolute Gasteiger partial charge is 0.251 e. The van der Waals surface area contributed by atoms with Gasteiger partial charge in [0.25, 0.3) is 5.56 Å². The number of nitrogens with zero attached hydrogens (tertiary/aromatic N) is 1. The second-order valence-electron chi connectivity index (χ2n) is 6.06. The maximum absolute atomic E-state index is 13.7. The van der Waals surface area contributed by atoms with E-state index in [0.29, 0.717) is 32.9 Å². The first kappa shape index (κ1) is 20.1. The summed E-state index contributed by atoms with van der Waals surface area (Å²) in [5.41, 5.74) is 1.84. The third kappa shape index (κ3) is 5.21. The fourth-order valence-corrected chi connectivity index (χ4v) is 3.56. The Labute approximate surface area is 170 Å². The first-order valence-electron chi connectivity index (χ1n) is 8.44. The van der Waals surface area contributed by atoms with Crippen molar-refractivity contribution in [2.24, 2.45) is 0 Å². The van der Waals surface area contributed by atoms with E-state index >= 15 is 0 Å². The lowest BCUT2D eigenvalue weighted by atomic mass is 10.2. The molecule has 2 N–H and O–H groups in total. The monoisotopic (exact) mass is 417 g/mol. The van der Waals surface area contributed by atoms with E-state index in [2.05, 4.69) is 15.3 Å². The number of hydrogen-bond donors (Lipinski definition) is 2. The normalized spacial score (nSPS) is 10.7. The zero-order chi connectivity index (χ0) is 20.1. The topological polar surface area (TPSA) is 74.8 Å². The highest BCUT2D eigenvalue weighted by Crippen LogP contribution is 2.23. The zero-order valence-electron chi connectivity index (χ0n) is 15.0. The average Bonchev–Trinajstić information content (AvgIpc) is 2.64. The summed E-state index contributed by atoms with van der Waals surface area (Å²) in [5, 5.41) is 3.66. The van der Waals surface area contributed by atoms with Crippen LogP contribution in [0.5, 0.6) is 0 Å². The molecular weight excluding hydrogens is 401 g/mol. The van der Waals surface area contributed by atoms with Gasteiger partial charge in [-0.25, -0.2) is 9.37 Å². The molecule has 0 spiro atoms. The van der Waals surface area contributed by atoms with Crippen LogP contribution in [-0.2, 0) is 17.0 Å². The summed E-state index contributed by atoms with van der Waals surface area (Å²) in [6, 6.07) is 12.9. The molecule has 8 heteroatoms. The van der Waals surface area contributed by atoms with Gasteiger partial charge in [-0.15, -0.1) is 0 Å². The number of halogens is 2. The van der Waals surface area contributed by atoms with Crippen molar-refractivity contribution in [3.8, 4) is 0 Å². The predicted molar refractivity (Wildman–Crippen MR) is 109 cm³/mol. The van der Waals surface area contributed by atoms with Gasteiger partial charge in [0.2, 0.25) is 5.91 Å². The summed E-state index contributed by atoms with van der Waals surface area (Å²) in [7, 11) is 0. The Morgan fingerprint density at radius 3 is 2.82 bits per heavy atom. The maximum Gasteiger partial charge on any atom is 0.251 e. The molecule has 0 aliphatic rings. The number of amides is 1. The van der Waals surface area contributed by atoms with Gasteiger partial charge in [-0.1, -0.05) is 47.6 Å². The van der Waals surface area contributed by atoms with Crippen molar-refractivity contribution < 1.29 is 9.18 Å². The van der Waals surface area contributed by atoms with E-state index in [4.69, 9.17) is 11.6 Å². The average molecular weight is 418 g/mol. The zero-order valence-corrected chi connectivity index (χ0v) is 16.5. The van der Waals surface area contributed by atoms with Gasteiger partial charge in [0.1, 0.15) is 5.82 Å². The van der Waals surface area contributed by atoms with Gasteiger partial charge in [0.15, 0.2) is 5.16 Å². The Kier molecular flexibility index (Phi) is 6.49. The SMILES string of the molecule is Cc1c(Cl)cccc1NC(=O)Cc1cc(=O)[nH]c(SCc2ccccc2F)n1. The van der Waals surface area contributed by atoms with E-state index in [-0.39, 0.29) is 23.7 Å². The molecule has 1 heterocycles. The lowest BCUT2D eigenvalue weighted by molar-refractivity contribution is -0.115. The second kappa shape index (κ2) is 9.03. The molecule has 144 valence electrons. The van der Waals surface area contributed by atoms with Crippen LogP contribution in [0.25, 0.3) is 0 Å². The number of anilines is 1. The number of hydrogen-bond acceptors (Lipinski definition) is 4. The number of rotatable bonds is 6. The first-order chi connectivity index (χ1) is 13.4. The van der Waals surface area contributed by atoms with E-state index in [1.54, 1.807) is 43.3 Å². The Morgan fingerprint density at radius 1 is 1.25 bits per heavy atom. The summed E-state index contributed by atoms with van der Waals surface area (Å²) in [6.07, 6.45) is -0.0663. The summed E-state index contributed by atoms with van der Waals surface area (Å²) < 4.78 is 13.7. The summed E-state index contributed by atoms with van der Waals surface area (Å²) >= 11 is 7.25. The third-order valence-corrected chi connectivity index (χ3v) is 5.31. The molecule has 1 amide bonds. The molecule has 0 atom stereocenters. The van der Waals surface area contributed by atoms with Crippen LogP contribution in [0.4, 0.5) is 10.1 Å². The number of carbonyl (C=O) groups excluding carboxylic acids is 1. The van der Waals surface area contributed by atoms with Gasteiger partial charge in [0.05, 0.1) is 12.1 Å². The fraction of sp³-hybridized carbons (Fsp3) is 0.150. The highest BCUT2D eigenvalue weighted by Gasteiger charge is 2.11. The van der Waals surface area contributed by atoms with Crippen molar-refractivity contribution in [2.75, 3.05) is 5.32 Å². The minimum atomic E-state index is -0.368. The van der Waals surface area contributed by atoms with Crippen LogP contribution in [0.2, 0.25) is 5.02 Å². The first-order valence-corrected chi connectivity index (χ1v) is 9.80. The van der Waals surface area contributed by atoms with Crippen molar-refractivity contribution >= 4 is 35.0 Å². The molecule has 0 bridgehead atoms. The standard InChI is InChI=1S/C20H17ClFN3O2S/c1-12-15(21)6-4-8-17(12)24-18(26)9-14-10-19(27)25-20(23-14)28-11-13-5-2-3-7-16(13)22/h2-8,10H,9,11H2,1H3,(H,24,26)(H,23,25,27). The summed E-state index contributed by atoms with van der Waals surface area (Å²) in [6.45, 7) is 1.81. The van der Waals surface area contributed by atoms with Gasteiger partial charge < -0.3 is 10.3 Å². The lowest BCUT2D eigenvalue weighted by Crippen LogP contribution is -2.18. The van der Waals surface area contributed by atoms with Crippen molar-refractivity contribution in [3.05, 3.63) is 86.5 Å². The number of nitrogens with one attached hydrogen (secondary N) is 2. The lowest BCUT2D eigenvalue weighted by Gasteiger charge is -2.09. The van der Waals surface area contributed by atoms with E-state index in [1.165, 1.54) is 23.9 Å². The molecular formula is C20H17ClFN3O2S. The molecule has 28 heavy (non-hydrogen) atoms. The van der Waals surface area contributed by atoms with E-state index < -0.39 is 0 Å². The number of benzene rings is 2. The Bertz CT molecular complexity index is 1070. The Balaban J connectivity index is 1.69. The molecule has 2 aromatic carbocycles. The number of aromatic amines is 1. The van der Waals surface area contributed by atoms with Crippen LogP contribution in [0.15, 0.2) is 58.5 Å². The molecule has 3 aromatic rings. The van der Waals surface area contributed by atoms with Gasteiger partial charge in [-0.3, -0.25) is 9.59 Å². The second-order valence-corrected chi connectivity index (χ2v) is 7.43. The maximum atomic E-state index is 13.7.